The molecule has 0 aliphatic heterocycles. The van der Waals surface area contributed by atoms with Crippen molar-refractivity contribution < 1.29 is 14.6 Å². The molecule has 4 heteroatoms. The average Bonchev–Trinajstić information content (AvgIpc) is 2.22. The van der Waals surface area contributed by atoms with Crippen LogP contribution in [-0.4, -0.2) is 24.3 Å². The Morgan fingerprint density at radius 2 is 2.27 bits per heavy atom. The van der Waals surface area contributed by atoms with Gasteiger partial charge in [-0.3, -0.25) is 0 Å². The topological polar surface area (TPSA) is 46.5 Å². The molecule has 0 spiro atoms. The van der Waals surface area contributed by atoms with E-state index in [1.165, 1.54) is 7.11 Å². The van der Waals surface area contributed by atoms with Crippen LogP contribution in [0, 0.1) is 6.92 Å². The first-order valence-corrected chi connectivity index (χ1v) is 5.35. The SMILES string of the molecule is COC(=O)C(O)Cc1ccc(C)c(Br)c1. The summed E-state index contributed by atoms with van der Waals surface area (Å²) in [6.45, 7) is 1.98. The molecule has 1 unspecified atom stereocenters. The average molecular weight is 273 g/mol. The van der Waals surface area contributed by atoms with Gasteiger partial charge >= 0.3 is 5.97 Å². The summed E-state index contributed by atoms with van der Waals surface area (Å²) in [6.07, 6.45) is -0.824. The Morgan fingerprint density at radius 1 is 1.60 bits per heavy atom. The van der Waals surface area contributed by atoms with E-state index in [9.17, 15) is 9.90 Å². The third kappa shape index (κ3) is 3.32. The summed E-state index contributed by atoms with van der Waals surface area (Å²) >= 11 is 3.39. The number of aliphatic hydroxyl groups is 1. The Kier molecular flexibility index (Phi) is 4.29. The van der Waals surface area contributed by atoms with Gasteiger partial charge in [0, 0.05) is 10.9 Å². The molecule has 0 bridgehead atoms. The number of halogens is 1. The van der Waals surface area contributed by atoms with Crippen LogP contribution >= 0.6 is 15.9 Å². The number of aliphatic hydroxyl groups excluding tert-OH is 1. The van der Waals surface area contributed by atoms with Crippen LogP contribution in [0.3, 0.4) is 0 Å². The molecule has 0 radical (unpaired) electrons. The number of hydrogen-bond acceptors (Lipinski definition) is 3. The van der Waals surface area contributed by atoms with E-state index in [0.29, 0.717) is 0 Å². The van der Waals surface area contributed by atoms with Gasteiger partial charge in [0.2, 0.25) is 0 Å². The Bertz CT molecular complexity index is 363. The number of benzene rings is 1. The minimum absolute atomic E-state index is 0.269. The van der Waals surface area contributed by atoms with Crippen LogP contribution in [0.2, 0.25) is 0 Å². The summed E-state index contributed by atoms with van der Waals surface area (Å²) in [4.78, 5) is 11.0. The molecule has 0 saturated carbocycles. The van der Waals surface area contributed by atoms with E-state index in [1.807, 2.05) is 25.1 Å². The van der Waals surface area contributed by atoms with Gasteiger partial charge in [-0.2, -0.15) is 0 Å². The van der Waals surface area contributed by atoms with Crippen LogP contribution in [0.4, 0.5) is 0 Å². The summed E-state index contributed by atoms with van der Waals surface area (Å²) < 4.78 is 5.41. The molecule has 0 amide bonds. The predicted molar refractivity (Wildman–Crippen MR) is 60.6 cm³/mol. The van der Waals surface area contributed by atoms with Crippen LogP contribution < -0.4 is 0 Å². The van der Waals surface area contributed by atoms with Crippen LogP contribution in [0.25, 0.3) is 0 Å². The predicted octanol–water partition coefficient (Wildman–Crippen LogP) is 1.83. The fraction of sp³-hybridized carbons (Fsp3) is 0.364. The Balaban J connectivity index is 2.73. The maximum absolute atomic E-state index is 11.0. The number of hydrogen-bond donors (Lipinski definition) is 1. The van der Waals surface area contributed by atoms with Crippen molar-refractivity contribution in [3.8, 4) is 0 Å². The standard InChI is InChI=1S/C11H13BrO3/c1-7-3-4-8(5-9(7)12)6-10(13)11(14)15-2/h3-5,10,13H,6H2,1-2H3. The molecule has 1 N–H and O–H groups in total. The first-order valence-electron chi connectivity index (χ1n) is 4.55. The fourth-order valence-corrected chi connectivity index (χ4v) is 1.63. The molecule has 15 heavy (non-hydrogen) atoms. The Labute approximate surface area is 97.2 Å². The van der Waals surface area contributed by atoms with Crippen molar-refractivity contribution in [1.29, 1.82) is 0 Å². The first-order chi connectivity index (χ1) is 7.04. The van der Waals surface area contributed by atoms with Crippen molar-refractivity contribution in [2.45, 2.75) is 19.4 Å². The van der Waals surface area contributed by atoms with E-state index in [-0.39, 0.29) is 6.42 Å². The van der Waals surface area contributed by atoms with E-state index in [4.69, 9.17) is 0 Å². The van der Waals surface area contributed by atoms with Gasteiger partial charge in [0.15, 0.2) is 6.10 Å². The lowest BCUT2D eigenvalue weighted by molar-refractivity contribution is -0.150. The fourth-order valence-electron chi connectivity index (χ4n) is 1.21. The Hall–Kier alpha value is -0.870. The third-order valence-corrected chi connectivity index (χ3v) is 2.99. The number of esters is 1. The number of aryl methyl sites for hydroxylation is 1. The van der Waals surface area contributed by atoms with Crippen molar-refractivity contribution in [2.24, 2.45) is 0 Å². The molecule has 0 aliphatic carbocycles. The van der Waals surface area contributed by atoms with Crippen LogP contribution in [0.1, 0.15) is 11.1 Å². The second kappa shape index (κ2) is 5.28. The van der Waals surface area contributed by atoms with E-state index in [2.05, 4.69) is 20.7 Å². The zero-order valence-corrected chi connectivity index (χ0v) is 10.2. The molecule has 0 heterocycles. The molecule has 1 atom stereocenters. The van der Waals surface area contributed by atoms with Crippen molar-refractivity contribution in [1.82, 2.24) is 0 Å². The second-order valence-corrected chi connectivity index (χ2v) is 4.18. The molecule has 0 fully saturated rings. The highest BCUT2D eigenvalue weighted by Crippen LogP contribution is 2.18. The molecule has 3 nitrogen and oxygen atoms in total. The minimum atomic E-state index is -1.09. The van der Waals surface area contributed by atoms with Gasteiger partial charge in [-0.15, -0.1) is 0 Å². The lowest BCUT2D eigenvalue weighted by Crippen LogP contribution is -2.24. The van der Waals surface area contributed by atoms with E-state index < -0.39 is 12.1 Å². The van der Waals surface area contributed by atoms with Crippen LogP contribution in [-0.2, 0) is 16.0 Å². The summed E-state index contributed by atoms with van der Waals surface area (Å²) in [6, 6.07) is 5.71. The highest BCUT2D eigenvalue weighted by Gasteiger charge is 2.15. The maximum Gasteiger partial charge on any atom is 0.335 e. The number of carbonyl (C=O) groups excluding carboxylic acids is 1. The van der Waals surface area contributed by atoms with Gasteiger partial charge < -0.3 is 9.84 Å². The molecule has 0 aromatic heterocycles. The zero-order valence-electron chi connectivity index (χ0n) is 8.66. The Morgan fingerprint density at radius 3 is 2.80 bits per heavy atom. The summed E-state index contributed by atoms with van der Waals surface area (Å²) in [5, 5.41) is 9.44. The van der Waals surface area contributed by atoms with E-state index in [1.54, 1.807) is 0 Å². The molecule has 82 valence electrons. The zero-order chi connectivity index (χ0) is 11.4. The summed E-state index contributed by atoms with van der Waals surface area (Å²) in [5.74, 6) is -0.605. The molecule has 0 aliphatic rings. The lowest BCUT2D eigenvalue weighted by Gasteiger charge is -2.09. The van der Waals surface area contributed by atoms with Gasteiger partial charge in [-0.25, -0.2) is 4.79 Å². The molecular weight excluding hydrogens is 260 g/mol. The number of methoxy groups -OCH3 is 1. The smallest absolute Gasteiger partial charge is 0.335 e. The van der Waals surface area contributed by atoms with Crippen LogP contribution in [0.15, 0.2) is 22.7 Å². The monoisotopic (exact) mass is 272 g/mol. The quantitative estimate of drug-likeness (QED) is 0.855. The first kappa shape index (κ1) is 12.2. The molecule has 1 rings (SSSR count). The van der Waals surface area contributed by atoms with E-state index in [0.717, 1.165) is 15.6 Å². The molecular formula is C11H13BrO3. The minimum Gasteiger partial charge on any atom is -0.467 e. The van der Waals surface area contributed by atoms with Crippen molar-refractivity contribution in [3.05, 3.63) is 33.8 Å². The summed E-state index contributed by atoms with van der Waals surface area (Å²) in [7, 11) is 1.26. The van der Waals surface area contributed by atoms with E-state index >= 15 is 0 Å². The normalized spacial score (nSPS) is 12.3. The van der Waals surface area contributed by atoms with Gasteiger partial charge in [-0.1, -0.05) is 28.1 Å². The van der Waals surface area contributed by atoms with Gasteiger partial charge in [0.05, 0.1) is 7.11 Å². The van der Waals surface area contributed by atoms with Gasteiger partial charge in [0.25, 0.3) is 0 Å². The lowest BCUT2D eigenvalue weighted by atomic mass is 10.1. The number of rotatable bonds is 3. The van der Waals surface area contributed by atoms with Crippen LogP contribution in [0.5, 0.6) is 0 Å². The third-order valence-electron chi connectivity index (χ3n) is 2.14. The van der Waals surface area contributed by atoms with Gasteiger partial charge in [-0.05, 0) is 24.1 Å². The molecule has 1 aromatic carbocycles. The number of carbonyl (C=O) groups is 1. The highest BCUT2D eigenvalue weighted by molar-refractivity contribution is 9.10. The summed E-state index contributed by atoms with van der Waals surface area (Å²) in [5.41, 5.74) is 2.01. The van der Waals surface area contributed by atoms with Crippen molar-refractivity contribution >= 4 is 21.9 Å². The molecule has 0 saturated heterocycles. The highest BCUT2D eigenvalue weighted by atomic mass is 79.9. The molecule has 1 aromatic rings. The van der Waals surface area contributed by atoms with Crippen molar-refractivity contribution in [3.63, 3.8) is 0 Å². The maximum atomic E-state index is 11.0. The number of ether oxygens (including phenoxy) is 1. The van der Waals surface area contributed by atoms with Gasteiger partial charge in [0.1, 0.15) is 0 Å². The largest absolute Gasteiger partial charge is 0.467 e. The second-order valence-electron chi connectivity index (χ2n) is 3.33. The van der Waals surface area contributed by atoms with Crippen molar-refractivity contribution in [2.75, 3.05) is 7.11 Å².